The summed E-state index contributed by atoms with van der Waals surface area (Å²) in [7, 11) is 1.40. The van der Waals surface area contributed by atoms with Gasteiger partial charge >= 0.3 is 17.9 Å². The molecule has 1 saturated carbocycles. The van der Waals surface area contributed by atoms with Gasteiger partial charge in [0.25, 0.3) is 0 Å². The molecule has 2 bridgehead atoms. The predicted molar refractivity (Wildman–Crippen MR) is 172 cm³/mol. The molecule has 1 N–H and O–H groups in total. The van der Waals surface area contributed by atoms with E-state index >= 15 is 17.6 Å². The molecule has 0 spiro atoms. The highest BCUT2D eigenvalue weighted by Crippen LogP contribution is 2.50. The van der Waals surface area contributed by atoms with E-state index in [9.17, 15) is 14.4 Å². The topological polar surface area (TPSA) is 120 Å². The van der Waals surface area contributed by atoms with Crippen molar-refractivity contribution in [2.45, 2.75) is 122 Å². The number of hydrogen-bond acceptors (Lipinski definition) is 8. The molecule has 14 heteroatoms. The number of benzene rings is 1. The van der Waals surface area contributed by atoms with Crippen molar-refractivity contribution in [1.82, 2.24) is 20.2 Å². The van der Waals surface area contributed by atoms with E-state index in [2.05, 4.69) is 15.3 Å². The molecule has 10 nitrogen and oxygen atoms in total. The Morgan fingerprint density at radius 3 is 2.37 bits per heavy atom. The molecular weight excluding hydrogens is 648 g/mol. The third-order valence-electron chi connectivity index (χ3n) is 10.5. The van der Waals surface area contributed by atoms with Crippen molar-refractivity contribution in [3.8, 4) is 11.6 Å². The zero-order valence-corrected chi connectivity index (χ0v) is 29.1. The van der Waals surface area contributed by atoms with Gasteiger partial charge in [-0.25, -0.2) is 14.8 Å². The molecular formula is C35H46F4N4O6. The quantitative estimate of drug-likeness (QED) is 0.348. The number of halogens is 4. The highest BCUT2D eigenvalue weighted by atomic mass is 19.3. The summed E-state index contributed by atoms with van der Waals surface area (Å²) in [6.07, 6.45) is -1.37. The number of amides is 2. The average Bonchev–Trinajstić information content (AvgIpc) is 3.57. The lowest BCUT2D eigenvalue weighted by Gasteiger charge is -2.37. The lowest BCUT2D eigenvalue weighted by Crippen LogP contribution is -2.58. The number of aromatic nitrogens is 2. The first-order valence-electron chi connectivity index (χ1n) is 16.9. The number of nitrogens with one attached hydrogen (secondary N) is 1. The van der Waals surface area contributed by atoms with Gasteiger partial charge in [-0.1, -0.05) is 27.7 Å². The van der Waals surface area contributed by atoms with Crippen LogP contribution in [0, 0.1) is 17.3 Å². The van der Waals surface area contributed by atoms with Crippen LogP contribution in [-0.2, 0) is 20.2 Å². The van der Waals surface area contributed by atoms with Crippen LogP contribution in [0.15, 0.2) is 18.2 Å². The first kappa shape index (κ1) is 36.6. The fraction of sp³-hybridized carbons (Fsp3) is 0.686. The number of ether oxygens (including phenoxy) is 3. The Morgan fingerprint density at radius 1 is 1.08 bits per heavy atom. The molecule has 0 unspecified atom stereocenters. The highest BCUT2D eigenvalue weighted by molar-refractivity contribution is 5.92. The Kier molecular flexibility index (Phi) is 9.85. The smallest absolute Gasteiger partial charge is 0.408 e. The third-order valence-corrected chi connectivity index (χ3v) is 10.5. The first-order valence-corrected chi connectivity index (χ1v) is 16.9. The highest BCUT2D eigenvalue weighted by Gasteiger charge is 2.60. The van der Waals surface area contributed by atoms with E-state index in [-0.39, 0.29) is 48.5 Å². The van der Waals surface area contributed by atoms with Crippen molar-refractivity contribution < 1.29 is 46.2 Å². The largest absolute Gasteiger partial charge is 0.497 e. The number of alkyl carbamates (subject to hydrolysis) is 1. The lowest BCUT2D eigenvalue weighted by molar-refractivity contribution is -0.223. The van der Waals surface area contributed by atoms with Crippen LogP contribution >= 0.6 is 0 Å². The standard InChI is InChI=1S/C35H46F4N4O6/c1-8-22-25-18-43(26(22)19(2)44)30(45)28(32(3,4)5)42-31(46)49-33(6)15-9-11-20(33)12-10-16-34(36,37)35(38,39)27-29(48-25)41-24-17-21(47-7)13-14-23(24)40-27/h13-14,17,20,22,25-26,28H,8-12,15-16,18H2,1-7H3,(H,42,46)/t20-,22+,25-,26+,28+,33+/m0/s1. The van der Waals surface area contributed by atoms with Crippen molar-refractivity contribution in [1.29, 1.82) is 0 Å². The summed E-state index contributed by atoms with van der Waals surface area (Å²) in [5.41, 5.74) is -3.22. The monoisotopic (exact) mass is 694 g/mol. The van der Waals surface area contributed by atoms with Crippen LogP contribution < -0.4 is 14.8 Å². The van der Waals surface area contributed by atoms with Gasteiger partial charge in [-0.2, -0.15) is 17.6 Å². The molecule has 1 aliphatic carbocycles. The van der Waals surface area contributed by atoms with Gasteiger partial charge in [0, 0.05) is 18.4 Å². The van der Waals surface area contributed by atoms with E-state index in [1.54, 1.807) is 34.6 Å². The lowest BCUT2D eigenvalue weighted by atomic mass is 9.85. The number of carbonyl (C=O) groups excluding carboxylic acids is 3. The fourth-order valence-corrected chi connectivity index (χ4v) is 7.68. The van der Waals surface area contributed by atoms with Crippen molar-refractivity contribution in [3.63, 3.8) is 0 Å². The summed E-state index contributed by atoms with van der Waals surface area (Å²) in [6.45, 7) is 9.79. The van der Waals surface area contributed by atoms with Gasteiger partial charge in [0.1, 0.15) is 23.5 Å². The van der Waals surface area contributed by atoms with E-state index in [0.29, 0.717) is 25.0 Å². The summed E-state index contributed by atoms with van der Waals surface area (Å²) >= 11 is 0. The second kappa shape index (κ2) is 13.2. The van der Waals surface area contributed by atoms with Crippen molar-refractivity contribution in [2.75, 3.05) is 13.7 Å². The molecule has 3 aliphatic rings. The second-order valence-corrected chi connectivity index (χ2v) is 14.9. The van der Waals surface area contributed by atoms with Crippen LogP contribution in [-0.4, -0.2) is 76.0 Å². The zero-order valence-electron chi connectivity index (χ0n) is 29.1. The second-order valence-electron chi connectivity index (χ2n) is 14.9. The molecule has 2 aromatic rings. The zero-order chi connectivity index (χ0) is 36.1. The minimum Gasteiger partial charge on any atom is -0.497 e. The van der Waals surface area contributed by atoms with Gasteiger partial charge in [0.2, 0.25) is 11.8 Å². The molecule has 270 valence electrons. The van der Waals surface area contributed by atoms with E-state index in [0.717, 1.165) is 0 Å². The normalized spacial score (nSPS) is 30.7. The number of Topliss-reactive ketones (excluding diaryl/α,β-unsaturated/α-hetero) is 1. The maximum atomic E-state index is 16.2. The number of rotatable bonds is 3. The van der Waals surface area contributed by atoms with Gasteiger partial charge in [-0.15, -0.1) is 0 Å². The van der Waals surface area contributed by atoms with Crippen molar-refractivity contribution in [2.24, 2.45) is 17.3 Å². The minimum absolute atomic E-state index is 0.0671. The predicted octanol–water partition coefficient (Wildman–Crippen LogP) is 6.82. The van der Waals surface area contributed by atoms with Crippen LogP contribution in [0.4, 0.5) is 22.4 Å². The summed E-state index contributed by atoms with van der Waals surface area (Å²) in [5.74, 6) is -11.9. The number of methoxy groups -OCH3 is 1. The molecule has 6 atom stereocenters. The number of nitrogens with zero attached hydrogens (tertiary/aromatic N) is 3. The van der Waals surface area contributed by atoms with E-state index in [1.165, 1.54) is 37.1 Å². The Balaban J connectivity index is 1.67. The van der Waals surface area contributed by atoms with Gasteiger partial charge in [-0.3, -0.25) is 9.59 Å². The number of ketones is 1. The fourth-order valence-electron chi connectivity index (χ4n) is 7.68. The van der Waals surface area contributed by atoms with E-state index < -0.39 is 77.0 Å². The van der Waals surface area contributed by atoms with Crippen molar-refractivity contribution >= 4 is 28.8 Å². The maximum absolute atomic E-state index is 16.2. The Morgan fingerprint density at radius 2 is 1.76 bits per heavy atom. The molecule has 3 heterocycles. The molecule has 1 saturated heterocycles. The Bertz CT molecular complexity index is 1600. The summed E-state index contributed by atoms with van der Waals surface area (Å²) in [5, 5.41) is 2.74. The molecule has 1 aromatic carbocycles. The minimum atomic E-state index is -4.81. The Labute approximate surface area is 283 Å². The molecule has 5 rings (SSSR count). The third kappa shape index (κ3) is 6.88. The molecule has 1 aromatic heterocycles. The molecule has 0 radical (unpaired) electrons. The molecule has 2 amide bonds. The Hall–Kier alpha value is -3.71. The van der Waals surface area contributed by atoms with Gasteiger partial charge < -0.3 is 24.4 Å². The number of hydrogen-bond donors (Lipinski definition) is 1. The van der Waals surface area contributed by atoms with Crippen LogP contribution in [0.25, 0.3) is 11.0 Å². The van der Waals surface area contributed by atoms with Crippen LogP contribution in [0.1, 0.15) is 92.2 Å². The van der Waals surface area contributed by atoms with Crippen LogP contribution in [0.5, 0.6) is 11.6 Å². The summed E-state index contributed by atoms with van der Waals surface area (Å²) in [4.78, 5) is 50.5. The van der Waals surface area contributed by atoms with Gasteiger partial charge in [0.15, 0.2) is 11.5 Å². The van der Waals surface area contributed by atoms with Crippen LogP contribution in [0.3, 0.4) is 0 Å². The first-order chi connectivity index (χ1) is 22.8. The van der Waals surface area contributed by atoms with E-state index in [4.69, 9.17) is 14.2 Å². The number of carbonyl (C=O) groups is 3. The van der Waals surface area contributed by atoms with E-state index in [1.807, 2.05) is 0 Å². The van der Waals surface area contributed by atoms with Crippen molar-refractivity contribution in [3.05, 3.63) is 23.9 Å². The number of alkyl halides is 4. The number of fused-ring (bicyclic) bond motifs is 5. The molecule has 2 fully saturated rings. The van der Waals surface area contributed by atoms with Gasteiger partial charge in [-0.05, 0) is 75.8 Å². The van der Waals surface area contributed by atoms with Crippen LogP contribution in [0.2, 0.25) is 0 Å². The average molecular weight is 695 g/mol. The summed E-state index contributed by atoms with van der Waals surface area (Å²) in [6, 6.07) is 2.04. The SMILES string of the molecule is CC[C@@H]1[C@@H]2CN(C(=O)[C@H](C(C)(C)C)NC(=O)O[C@]3(C)CCC[C@H]3CCCC(F)(F)C(F)(F)c3nc4ccc(OC)cc4nc3O2)[C@@H]1C(C)=O. The molecule has 2 aliphatic heterocycles. The molecule has 49 heavy (non-hydrogen) atoms. The maximum Gasteiger partial charge on any atom is 0.408 e. The van der Waals surface area contributed by atoms with Gasteiger partial charge in [0.05, 0.1) is 30.7 Å². The summed E-state index contributed by atoms with van der Waals surface area (Å²) < 4.78 is 81.1.